The third-order valence-electron chi connectivity index (χ3n) is 3.87. The van der Waals surface area contributed by atoms with Gasteiger partial charge in [-0.1, -0.05) is 19.1 Å². The average Bonchev–Trinajstić information content (AvgIpc) is 3.24. The third kappa shape index (κ3) is 6.54. The molecule has 0 radical (unpaired) electrons. The second kappa shape index (κ2) is 9.71. The minimum atomic E-state index is -0.0586. The van der Waals surface area contributed by atoms with E-state index in [0.717, 1.165) is 17.4 Å². The molecule has 7 heteroatoms. The summed E-state index contributed by atoms with van der Waals surface area (Å²) < 4.78 is 5.53. The summed E-state index contributed by atoms with van der Waals surface area (Å²) in [6.07, 6.45) is 1.20. The molecule has 134 valence electrons. The van der Waals surface area contributed by atoms with Crippen molar-refractivity contribution in [2.24, 2.45) is 10.9 Å². The molecule has 0 aliphatic heterocycles. The molecule has 1 aliphatic rings. The van der Waals surface area contributed by atoms with Crippen LogP contribution in [0.1, 0.15) is 18.9 Å². The predicted molar refractivity (Wildman–Crippen MR) is 107 cm³/mol. The molecule has 2 atom stereocenters. The quantitative estimate of drug-likeness (QED) is 0.398. The zero-order valence-electron chi connectivity index (χ0n) is 14.7. The Hall–Kier alpha value is -1.51. The summed E-state index contributed by atoms with van der Waals surface area (Å²) in [5.41, 5.74) is 1.08. The Morgan fingerprint density at radius 3 is 2.71 bits per heavy atom. The van der Waals surface area contributed by atoms with E-state index in [9.17, 15) is 4.79 Å². The van der Waals surface area contributed by atoms with Crippen molar-refractivity contribution in [3.05, 3.63) is 29.8 Å². The molecule has 0 spiro atoms. The van der Waals surface area contributed by atoms with E-state index >= 15 is 0 Å². The van der Waals surface area contributed by atoms with Crippen LogP contribution in [0.4, 0.5) is 0 Å². The molecular formula is C17H27IN4O2. The number of nitrogens with one attached hydrogen (secondary N) is 2. The highest BCUT2D eigenvalue weighted by atomic mass is 127. The highest BCUT2D eigenvalue weighted by Crippen LogP contribution is 2.28. The zero-order chi connectivity index (χ0) is 16.8. The van der Waals surface area contributed by atoms with E-state index in [2.05, 4.69) is 22.5 Å². The van der Waals surface area contributed by atoms with Crippen LogP contribution in [0, 0.1) is 5.92 Å². The fourth-order valence-electron chi connectivity index (χ4n) is 2.10. The normalized spacial score (nSPS) is 19.1. The van der Waals surface area contributed by atoms with Crippen LogP contribution >= 0.6 is 24.0 Å². The molecule has 1 aromatic rings. The number of hydrogen-bond acceptors (Lipinski definition) is 3. The minimum Gasteiger partial charge on any atom is -0.484 e. The maximum Gasteiger partial charge on any atom is 0.259 e. The van der Waals surface area contributed by atoms with Crippen LogP contribution in [0.3, 0.4) is 0 Å². The number of nitrogens with zero attached hydrogens (tertiary/aromatic N) is 2. The van der Waals surface area contributed by atoms with Crippen molar-refractivity contribution < 1.29 is 9.53 Å². The number of ether oxygens (including phenoxy) is 1. The zero-order valence-corrected chi connectivity index (χ0v) is 17.0. The van der Waals surface area contributed by atoms with Gasteiger partial charge in [0.05, 0.1) is 0 Å². The van der Waals surface area contributed by atoms with Gasteiger partial charge < -0.3 is 20.3 Å². The lowest BCUT2D eigenvalue weighted by Gasteiger charge is -2.13. The largest absolute Gasteiger partial charge is 0.484 e. The number of amides is 1. The highest BCUT2D eigenvalue weighted by Gasteiger charge is 2.33. The first-order chi connectivity index (χ1) is 11.0. The Morgan fingerprint density at radius 2 is 2.12 bits per heavy atom. The first kappa shape index (κ1) is 20.5. The molecule has 1 aromatic carbocycles. The lowest BCUT2D eigenvalue weighted by Crippen LogP contribution is -2.38. The van der Waals surface area contributed by atoms with Gasteiger partial charge in [-0.25, -0.2) is 0 Å². The Bertz CT molecular complexity index is 577. The Labute approximate surface area is 161 Å². The van der Waals surface area contributed by atoms with Gasteiger partial charge in [0.2, 0.25) is 0 Å². The molecule has 0 bridgehead atoms. The third-order valence-corrected chi connectivity index (χ3v) is 3.87. The second-order valence-corrected chi connectivity index (χ2v) is 6.11. The molecule has 1 amide bonds. The Morgan fingerprint density at radius 1 is 1.42 bits per heavy atom. The van der Waals surface area contributed by atoms with Gasteiger partial charge in [0, 0.05) is 33.7 Å². The minimum absolute atomic E-state index is 0. The number of rotatable bonds is 6. The number of aliphatic imine (C=N–C) groups is 1. The number of halogens is 1. The first-order valence-corrected chi connectivity index (χ1v) is 7.88. The second-order valence-electron chi connectivity index (χ2n) is 6.11. The molecule has 6 nitrogen and oxygen atoms in total. The number of guanidine groups is 1. The summed E-state index contributed by atoms with van der Waals surface area (Å²) in [6, 6.07) is 8.26. The standard InChI is InChI=1S/C17H26N4O2.HI/c1-12-8-15(12)20-17(18-2)19-10-13-6-5-7-14(9-13)23-11-16(22)21(3)4;/h5-7,9,12,15H,8,10-11H2,1-4H3,(H2,18,19,20);1H. The fraction of sp³-hybridized carbons (Fsp3) is 0.529. The Kier molecular flexibility index (Phi) is 8.30. The molecule has 0 aromatic heterocycles. The van der Waals surface area contributed by atoms with E-state index in [4.69, 9.17) is 4.74 Å². The van der Waals surface area contributed by atoms with Crippen molar-refractivity contribution in [1.82, 2.24) is 15.5 Å². The summed E-state index contributed by atoms with van der Waals surface area (Å²) in [5.74, 6) is 2.17. The van der Waals surface area contributed by atoms with Gasteiger partial charge in [0.25, 0.3) is 5.91 Å². The van der Waals surface area contributed by atoms with E-state index < -0.39 is 0 Å². The van der Waals surface area contributed by atoms with E-state index in [1.807, 2.05) is 24.3 Å². The van der Waals surface area contributed by atoms with Crippen molar-refractivity contribution in [3.8, 4) is 5.75 Å². The van der Waals surface area contributed by atoms with Crippen LogP contribution in [0.25, 0.3) is 0 Å². The monoisotopic (exact) mass is 446 g/mol. The van der Waals surface area contributed by atoms with Gasteiger partial charge in [-0.15, -0.1) is 24.0 Å². The molecule has 0 saturated heterocycles. The molecule has 2 rings (SSSR count). The number of benzene rings is 1. The van der Waals surface area contributed by atoms with Gasteiger partial charge in [0.1, 0.15) is 5.75 Å². The molecule has 0 heterocycles. The predicted octanol–water partition coefficient (Wildman–Crippen LogP) is 1.84. The van der Waals surface area contributed by atoms with Crippen LogP contribution in [-0.2, 0) is 11.3 Å². The fourth-order valence-corrected chi connectivity index (χ4v) is 2.10. The van der Waals surface area contributed by atoms with Gasteiger partial charge in [-0.3, -0.25) is 9.79 Å². The van der Waals surface area contributed by atoms with Crippen molar-refractivity contribution in [2.45, 2.75) is 25.9 Å². The van der Waals surface area contributed by atoms with Crippen molar-refractivity contribution in [1.29, 1.82) is 0 Å². The van der Waals surface area contributed by atoms with Gasteiger partial charge in [0.15, 0.2) is 12.6 Å². The van der Waals surface area contributed by atoms with Gasteiger partial charge >= 0.3 is 0 Å². The maximum absolute atomic E-state index is 11.6. The lowest BCUT2D eigenvalue weighted by atomic mass is 10.2. The highest BCUT2D eigenvalue weighted by molar-refractivity contribution is 14.0. The SMILES string of the molecule is CN=C(NCc1cccc(OCC(=O)N(C)C)c1)NC1CC1C.I. The number of hydrogen-bond donors (Lipinski definition) is 2. The summed E-state index contributed by atoms with van der Waals surface area (Å²) in [4.78, 5) is 17.3. The summed E-state index contributed by atoms with van der Waals surface area (Å²) in [6.45, 7) is 2.92. The van der Waals surface area contributed by atoms with Crippen LogP contribution < -0.4 is 15.4 Å². The molecule has 1 aliphatic carbocycles. The van der Waals surface area contributed by atoms with Crippen LogP contribution in [-0.4, -0.2) is 50.6 Å². The van der Waals surface area contributed by atoms with Crippen LogP contribution in [0.5, 0.6) is 5.75 Å². The van der Waals surface area contributed by atoms with Gasteiger partial charge in [-0.2, -0.15) is 0 Å². The molecule has 2 unspecified atom stereocenters. The molecule has 1 saturated carbocycles. The smallest absolute Gasteiger partial charge is 0.259 e. The summed E-state index contributed by atoms with van der Waals surface area (Å²) in [5, 5.41) is 6.68. The number of carbonyl (C=O) groups is 1. The van der Waals surface area contributed by atoms with E-state index in [0.29, 0.717) is 18.3 Å². The molecule has 2 N–H and O–H groups in total. The topological polar surface area (TPSA) is 66.0 Å². The van der Waals surface area contributed by atoms with Crippen LogP contribution in [0.15, 0.2) is 29.3 Å². The van der Waals surface area contributed by atoms with Crippen LogP contribution in [0.2, 0.25) is 0 Å². The maximum atomic E-state index is 11.6. The summed E-state index contributed by atoms with van der Waals surface area (Å²) in [7, 11) is 5.20. The Balaban J connectivity index is 0.00000288. The van der Waals surface area contributed by atoms with Crippen molar-refractivity contribution in [2.75, 3.05) is 27.7 Å². The lowest BCUT2D eigenvalue weighted by molar-refractivity contribution is -0.130. The first-order valence-electron chi connectivity index (χ1n) is 7.88. The average molecular weight is 446 g/mol. The molecular weight excluding hydrogens is 419 g/mol. The van der Waals surface area contributed by atoms with Crippen molar-refractivity contribution >= 4 is 35.8 Å². The summed E-state index contributed by atoms with van der Waals surface area (Å²) >= 11 is 0. The van der Waals surface area contributed by atoms with Gasteiger partial charge in [-0.05, 0) is 30.0 Å². The number of likely N-dealkylation sites (N-methyl/N-ethyl adjacent to an activating group) is 1. The molecule has 24 heavy (non-hydrogen) atoms. The van der Waals surface area contributed by atoms with Crippen molar-refractivity contribution in [3.63, 3.8) is 0 Å². The van der Waals surface area contributed by atoms with E-state index in [1.165, 1.54) is 11.3 Å². The molecule has 1 fully saturated rings. The van der Waals surface area contributed by atoms with E-state index in [1.54, 1.807) is 21.1 Å². The van der Waals surface area contributed by atoms with E-state index in [-0.39, 0.29) is 36.5 Å². The number of carbonyl (C=O) groups excluding carboxylic acids is 1.